The van der Waals surface area contributed by atoms with Gasteiger partial charge in [0.25, 0.3) is 0 Å². The molecular formula is C16H18N4O3S. The summed E-state index contributed by atoms with van der Waals surface area (Å²) >= 11 is 1.28. The molecule has 0 aliphatic heterocycles. The van der Waals surface area contributed by atoms with Crippen molar-refractivity contribution < 1.29 is 14.3 Å². The van der Waals surface area contributed by atoms with Crippen LogP contribution in [-0.2, 0) is 9.59 Å². The summed E-state index contributed by atoms with van der Waals surface area (Å²) in [6.45, 7) is 1.65. The maximum absolute atomic E-state index is 12.1. The first-order chi connectivity index (χ1) is 11.6. The summed E-state index contributed by atoms with van der Waals surface area (Å²) in [7, 11) is 1.61. The molecule has 0 bridgehead atoms. The predicted molar refractivity (Wildman–Crippen MR) is 90.9 cm³/mol. The van der Waals surface area contributed by atoms with Crippen molar-refractivity contribution in [1.82, 2.24) is 15.5 Å². The number of benzene rings is 1. The van der Waals surface area contributed by atoms with Crippen LogP contribution in [0.15, 0.2) is 24.3 Å². The van der Waals surface area contributed by atoms with E-state index < -0.39 is 6.04 Å². The van der Waals surface area contributed by atoms with E-state index in [-0.39, 0.29) is 17.7 Å². The predicted octanol–water partition coefficient (Wildman–Crippen LogP) is 2.07. The smallest absolute Gasteiger partial charge is 0.248 e. The highest BCUT2D eigenvalue weighted by Gasteiger charge is 2.31. The number of ether oxygens (including phenoxy) is 1. The van der Waals surface area contributed by atoms with Gasteiger partial charge < -0.3 is 10.1 Å². The SMILES string of the molecule is COc1ccc(-c2nnc(NC(=O)[C@H](C)NC(=O)C3CC3)s2)cc1. The third-order valence-electron chi connectivity index (χ3n) is 3.69. The van der Waals surface area contributed by atoms with Crippen molar-refractivity contribution in [1.29, 1.82) is 0 Å². The summed E-state index contributed by atoms with van der Waals surface area (Å²) in [5.41, 5.74) is 0.892. The van der Waals surface area contributed by atoms with Crippen LogP contribution in [0.2, 0.25) is 0 Å². The zero-order valence-corrected chi connectivity index (χ0v) is 14.2. The first-order valence-electron chi connectivity index (χ1n) is 7.66. The Labute approximate surface area is 143 Å². The van der Waals surface area contributed by atoms with E-state index in [1.54, 1.807) is 14.0 Å². The second-order valence-electron chi connectivity index (χ2n) is 5.63. The Bertz CT molecular complexity index is 740. The molecule has 8 heteroatoms. The van der Waals surface area contributed by atoms with Crippen molar-refractivity contribution >= 4 is 28.3 Å². The van der Waals surface area contributed by atoms with Crippen LogP contribution in [0.5, 0.6) is 5.75 Å². The number of methoxy groups -OCH3 is 1. The van der Waals surface area contributed by atoms with Gasteiger partial charge >= 0.3 is 0 Å². The van der Waals surface area contributed by atoms with E-state index in [0.29, 0.717) is 10.1 Å². The molecule has 3 rings (SSSR count). The molecule has 1 atom stereocenters. The van der Waals surface area contributed by atoms with Gasteiger partial charge in [0.1, 0.15) is 16.8 Å². The third kappa shape index (κ3) is 3.88. The van der Waals surface area contributed by atoms with Crippen molar-refractivity contribution in [2.45, 2.75) is 25.8 Å². The molecule has 0 saturated heterocycles. The molecule has 1 aliphatic carbocycles. The minimum absolute atomic E-state index is 0.0613. The zero-order valence-electron chi connectivity index (χ0n) is 13.4. The summed E-state index contributed by atoms with van der Waals surface area (Å²) in [6, 6.07) is 6.83. The minimum Gasteiger partial charge on any atom is -0.497 e. The largest absolute Gasteiger partial charge is 0.497 e. The number of carbonyl (C=O) groups excluding carboxylic acids is 2. The van der Waals surface area contributed by atoms with Crippen LogP contribution in [0, 0.1) is 5.92 Å². The highest BCUT2D eigenvalue weighted by molar-refractivity contribution is 7.18. The first-order valence-corrected chi connectivity index (χ1v) is 8.47. The molecule has 0 radical (unpaired) electrons. The maximum atomic E-state index is 12.1. The van der Waals surface area contributed by atoms with E-state index >= 15 is 0 Å². The second kappa shape index (κ2) is 6.96. The lowest BCUT2D eigenvalue weighted by molar-refractivity contribution is -0.127. The van der Waals surface area contributed by atoms with Gasteiger partial charge in [-0.3, -0.25) is 14.9 Å². The summed E-state index contributed by atoms with van der Waals surface area (Å²) in [6.07, 6.45) is 1.81. The average Bonchev–Trinajstić information content (AvgIpc) is 3.35. The Hall–Kier alpha value is -2.48. The number of carbonyl (C=O) groups is 2. The van der Waals surface area contributed by atoms with Crippen LogP contribution in [0.1, 0.15) is 19.8 Å². The summed E-state index contributed by atoms with van der Waals surface area (Å²) in [4.78, 5) is 23.8. The molecule has 2 N–H and O–H groups in total. The number of anilines is 1. The van der Waals surface area contributed by atoms with E-state index in [1.807, 2.05) is 24.3 Å². The number of amides is 2. The molecule has 1 fully saturated rings. The van der Waals surface area contributed by atoms with Crippen LogP contribution in [0.3, 0.4) is 0 Å². The van der Waals surface area contributed by atoms with Crippen molar-refractivity contribution in [3.8, 4) is 16.3 Å². The van der Waals surface area contributed by atoms with Crippen molar-refractivity contribution in [3.05, 3.63) is 24.3 Å². The quantitative estimate of drug-likeness (QED) is 0.835. The number of aromatic nitrogens is 2. The van der Waals surface area contributed by atoms with Crippen LogP contribution < -0.4 is 15.4 Å². The average molecular weight is 346 g/mol. The fourth-order valence-electron chi connectivity index (χ4n) is 2.08. The fraction of sp³-hybridized carbons (Fsp3) is 0.375. The molecule has 2 amide bonds. The fourth-order valence-corrected chi connectivity index (χ4v) is 2.83. The highest BCUT2D eigenvalue weighted by atomic mass is 32.1. The third-order valence-corrected chi connectivity index (χ3v) is 4.58. The number of nitrogens with zero attached hydrogens (tertiary/aromatic N) is 2. The number of hydrogen-bond donors (Lipinski definition) is 2. The lowest BCUT2D eigenvalue weighted by atomic mass is 10.2. The van der Waals surface area contributed by atoms with Gasteiger partial charge in [-0.2, -0.15) is 0 Å². The summed E-state index contributed by atoms with van der Waals surface area (Å²) in [5.74, 6) is 0.468. The Morgan fingerprint density at radius 3 is 2.58 bits per heavy atom. The van der Waals surface area contributed by atoms with Crippen molar-refractivity contribution in [3.63, 3.8) is 0 Å². The molecule has 1 aliphatic rings. The lowest BCUT2D eigenvalue weighted by Gasteiger charge is -2.12. The number of nitrogens with one attached hydrogen (secondary N) is 2. The normalized spacial score (nSPS) is 14.8. The molecule has 0 spiro atoms. The summed E-state index contributed by atoms with van der Waals surface area (Å²) < 4.78 is 5.12. The first kappa shape index (κ1) is 16.4. The Morgan fingerprint density at radius 2 is 1.96 bits per heavy atom. The van der Waals surface area contributed by atoms with E-state index in [0.717, 1.165) is 24.2 Å². The van der Waals surface area contributed by atoms with Gasteiger partial charge in [-0.1, -0.05) is 11.3 Å². The monoisotopic (exact) mass is 346 g/mol. The van der Waals surface area contributed by atoms with E-state index in [1.165, 1.54) is 11.3 Å². The van der Waals surface area contributed by atoms with Crippen molar-refractivity contribution in [2.75, 3.05) is 12.4 Å². The molecule has 1 aromatic heterocycles. The summed E-state index contributed by atoms with van der Waals surface area (Å²) in [5, 5.41) is 14.5. The van der Waals surface area contributed by atoms with Gasteiger partial charge in [0.05, 0.1) is 7.11 Å². The Kier molecular flexibility index (Phi) is 4.75. The molecule has 126 valence electrons. The standard InChI is InChI=1S/C16H18N4O3S/c1-9(17-14(22)10-3-4-10)13(21)18-16-20-19-15(24-16)11-5-7-12(23-2)8-6-11/h5-10H,3-4H2,1-2H3,(H,17,22)(H,18,20,21)/t9-/m0/s1. The topological polar surface area (TPSA) is 93.2 Å². The zero-order chi connectivity index (χ0) is 17.1. The van der Waals surface area contributed by atoms with Crippen LogP contribution in [-0.4, -0.2) is 35.2 Å². The molecule has 1 aromatic carbocycles. The van der Waals surface area contributed by atoms with Gasteiger partial charge in [-0.25, -0.2) is 0 Å². The molecule has 0 unspecified atom stereocenters. The molecule has 7 nitrogen and oxygen atoms in total. The molecule has 1 heterocycles. The van der Waals surface area contributed by atoms with E-state index in [2.05, 4.69) is 20.8 Å². The van der Waals surface area contributed by atoms with Gasteiger partial charge in [0, 0.05) is 11.5 Å². The molecule has 2 aromatic rings. The maximum Gasteiger partial charge on any atom is 0.248 e. The highest BCUT2D eigenvalue weighted by Crippen LogP contribution is 2.29. The van der Waals surface area contributed by atoms with E-state index in [9.17, 15) is 9.59 Å². The number of rotatable bonds is 6. The van der Waals surface area contributed by atoms with Crippen molar-refractivity contribution in [2.24, 2.45) is 5.92 Å². The Morgan fingerprint density at radius 1 is 1.25 bits per heavy atom. The van der Waals surface area contributed by atoms with Gasteiger partial charge in [0.15, 0.2) is 0 Å². The molecule has 1 saturated carbocycles. The van der Waals surface area contributed by atoms with Gasteiger partial charge in [-0.05, 0) is 44.0 Å². The van der Waals surface area contributed by atoms with Crippen LogP contribution in [0.25, 0.3) is 10.6 Å². The number of hydrogen-bond acceptors (Lipinski definition) is 6. The molecule has 24 heavy (non-hydrogen) atoms. The Balaban J connectivity index is 1.60. The van der Waals surface area contributed by atoms with Gasteiger partial charge in [0.2, 0.25) is 16.9 Å². The minimum atomic E-state index is -0.605. The van der Waals surface area contributed by atoms with Gasteiger partial charge in [-0.15, -0.1) is 10.2 Å². The van der Waals surface area contributed by atoms with E-state index in [4.69, 9.17) is 4.74 Å². The van der Waals surface area contributed by atoms with Crippen LogP contribution >= 0.6 is 11.3 Å². The second-order valence-corrected chi connectivity index (χ2v) is 6.61. The molecular weight excluding hydrogens is 328 g/mol. The lowest BCUT2D eigenvalue weighted by Crippen LogP contribution is -2.42. The van der Waals surface area contributed by atoms with Crippen LogP contribution in [0.4, 0.5) is 5.13 Å².